The van der Waals surface area contributed by atoms with E-state index in [4.69, 9.17) is 9.47 Å². The highest BCUT2D eigenvalue weighted by molar-refractivity contribution is 8.15. The molecule has 0 aliphatic carbocycles. The Bertz CT molecular complexity index is 1150. The summed E-state index contributed by atoms with van der Waals surface area (Å²) in [5.41, 5.74) is 0.572. The number of hydrogen-bond donors (Lipinski definition) is 1. The lowest BCUT2D eigenvalue weighted by atomic mass is 10.2. The van der Waals surface area contributed by atoms with Crippen LogP contribution in [0.5, 0.6) is 5.75 Å². The van der Waals surface area contributed by atoms with Crippen LogP contribution in [0.4, 0.5) is 21.5 Å². The van der Waals surface area contributed by atoms with E-state index < -0.39 is 21.9 Å². The average Bonchev–Trinajstić information content (AvgIpc) is 3.45. The van der Waals surface area contributed by atoms with Gasteiger partial charge in [-0.2, -0.15) is 0 Å². The van der Waals surface area contributed by atoms with Crippen molar-refractivity contribution in [3.8, 4) is 5.75 Å². The monoisotopic (exact) mass is 502 g/mol. The van der Waals surface area contributed by atoms with E-state index in [2.05, 4.69) is 10.3 Å². The van der Waals surface area contributed by atoms with Gasteiger partial charge < -0.3 is 14.8 Å². The second-order valence-electron chi connectivity index (χ2n) is 7.96. The molecule has 10 nitrogen and oxygen atoms in total. The zero-order valence-electron chi connectivity index (χ0n) is 18.8. The molecule has 2 atom stereocenters. The smallest absolute Gasteiger partial charge is 0.273 e. The van der Waals surface area contributed by atoms with Gasteiger partial charge in [-0.15, -0.1) is 0 Å². The Morgan fingerprint density at radius 1 is 1.34 bits per heavy atom. The third kappa shape index (κ3) is 5.95. The second kappa shape index (κ2) is 10.8. The van der Waals surface area contributed by atoms with Gasteiger partial charge in [0, 0.05) is 19.1 Å². The molecule has 12 heteroatoms. The predicted molar refractivity (Wildman–Crippen MR) is 128 cm³/mol. The fourth-order valence-electron chi connectivity index (χ4n) is 3.78. The number of methoxy groups -OCH3 is 1. The van der Waals surface area contributed by atoms with Crippen molar-refractivity contribution >= 4 is 45.8 Å². The minimum absolute atomic E-state index is 0.116. The number of non-ortho nitro benzene ring substituents is 1. The standard InChI is InChI=1S/C23H23FN4O6S/c1-33-19-11-16(28(31)32)8-9-18(19)26-21(29)12-20-22(30)27(13-17-3-2-10-34-17)23(35-20)25-15-6-4-14(24)5-7-15/h4-9,11,17,20H,2-3,10,12-13H2,1H3,(H,26,29)/t17-,20+/m1/s1. The topological polar surface area (TPSA) is 123 Å². The first kappa shape index (κ1) is 24.6. The Labute approximate surface area is 204 Å². The number of nitrogens with one attached hydrogen (secondary N) is 1. The molecule has 0 saturated carbocycles. The van der Waals surface area contributed by atoms with Gasteiger partial charge in [0.15, 0.2) is 5.17 Å². The van der Waals surface area contributed by atoms with Gasteiger partial charge in [-0.3, -0.25) is 24.6 Å². The summed E-state index contributed by atoms with van der Waals surface area (Å²) in [6.45, 7) is 0.952. The molecule has 2 aromatic carbocycles. The molecular formula is C23H23FN4O6S. The number of nitrogens with zero attached hydrogens (tertiary/aromatic N) is 3. The average molecular weight is 503 g/mol. The molecule has 1 N–H and O–H groups in total. The highest BCUT2D eigenvalue weighted by Crippen LogP contribution is 2.34. The van der Waals surface area contributed by atoms with Crippen molar-refractivity contribution in [3.63, 3.8) is 0 Å². The van der Waals surface area contributed by atoms with E-state index in [1.807, 2.05) is 0 Å². The fourth-order valence-corrected chi connectivity index (χ4v) is 4.94. The maximum atomic E-state index is 13.3. The number of amides is 2. The number of nitro groups is 1. The molecule has 0 bridgehead atoms. The van der Waals surface area contributed by atoms with Crippen molar-refractivity contribution in [1.82, 2.24) is 4.90 Å². The van der Waals surface area contributed by atoms with E-state index in [0.717, 1.165) is 24.6 Å². The number of carbonyl (C=O) groups is 2. The maximum Gasteiger partial charge on any atom is 0.273 e. The van der Waals surface area contributed by atoms with E-state index in [-0.39, 0.29) is 35.6 Å². The van der Waals surface area contributed by atoms with E-state index >= 15 is 0 Å². The molecule has 0 radical (unpaired) electrons. The van der Waals surface area contributed by atoms with Crippen LogP contribution in [-0.4, -0.2) is 58.4 Å². The summed E-state index contributed by atoms with van der Waals surface area (Å²) in [7, 11) is 1.34. The number of rotatable bonds is 8. The quantitative estimate of drug-likeness (QED) is 0.429. The molecule has 0 aromatic heterocycles. The molecule has 35 heavy (non-hydrogen) atoms. The first-order valence-corrected chi connectivity index (χ1v) is 11.8. The summed E-state index contributed by atoms with van der Waals surface area (Å²) in [5.74, 6) is -0.978. The predicted octanol–water partition coefficient (Wildman–Crippen LogP) is 3.88. The van der Waals surface area contributed by atoms with Crippen molar-refractivity contribution in [2.24, 2.45) is 4.99 Å². The molecule has 2 fully saturated rings. The molecule has 2 amide bonds. The summed E-state index contributed by atoms with van der Waals surface area (Å²) < 4.78 is 24.1. The van der Waals surface area contributed by atoms with Crippen LogP contribution in [0.25, 0.3) is 0 Å². The van der Waals surface area contributed by atoms with Gasteiger partial charge in [-0.1, -0.05) is 11.8 Å². The molecule has 2 aliphatic rings. The van der Waals surface area contributed by atoms with E-state index in [1.165, 1.54) is 54.5 Å². The Kier molecular flexibility index (Phi) is 7.61. The zero-order chi connectivity index (χ0) is 24.9. The summed E-state index contributed by atoms with van der Waals surface area (Å²) >= 11 is 1.16. The Hall–Kier alpha value is -3.51. The largest absolute Gasteiger partial charge is 0.494 e. The second-order valence-corrected chi connectivity index (χ2v) is 9.13. The SMILES string of the molecule is COc1cc([N+](=O)[O-])ccc1NC(=O)C[C@@H]1SC(=Nc2ccc(F)cc2)N(C[C@H]2CCCO2)C1=O. The van der Waals surface area contributed by atoms with Crippen LogP contribution in [0.2, 0.25) is 0 Å². The van der Waals surface area contributed by atoms with Gasteiger partial charge in [0.1, 0.15) is 16.8 Å². The molecule has 4 rings (SSSR count). The maximum absolute atomic E-state index is 13.3. The number of aliphatic imine (C=N–C) groups is 1. The van der Waals surface area contributed by atoms with Crippen LogP contribution in [0.15, 0.2) is 47.5 Å². The number of amidine groups is 1. The number of thioether (sulfide) groups is 1. The van der Waals surface area contributed by atoms with Crippen LogP contribution in [0.1, 0.15) is 19.3 Å². The van der Waals surface area contributed by atoms with E-state index in [9.17, 15) is 24.1 Å². The lowest BCUT2D eigenvalue weighted by molar-refractivity contribution is -0.384. The fraction of sp³-hybridized carbons (Fsp3) is 0.348. The van der Waals surface area contributed by atoms with Crippen molar-refractivity contribution < 1.29 is 28.4 Å². The van der Waals surface area contributed by atoms with Crippen LogP contribution in [0.3, 0.4) is 0 Å². The van der Waals surface area contributed by atoms with Gasteiger partial charge >= 0.3 is 0 Å². The summed E-state index contributed by atoms with van der Waals surface area (Å²) in [5, 5.41) is 13.3. The highest BCUT2D eigenvalue weighted by atomic mass is 32.2. The third-order valence-corrected chi connectivity index (χ3v) is 6.70. The zero-order valence-corrected chi connectivity index (χ0v) is 19.6. The number of hydrogen-bond acceptors (Lipinski definition) is 8. The van der Waals surface area contributed by atoms with Gasteiger partial charge in [0.2, 0.25) is 11.8 Å². The minimum Gasteiger partial charge on any atom is -0.494 e. The lowest BCUT2D eigenvalue weighted by Crippen LogP contribution is -2.38. The van der Waals surface area contributed by atoms with E-state index in [0.29, 0.717) is 24.0 Å². The number of anilines is 1. The molecule has 2 aliphatic heterocycles. The normalized spacial score (nSPS) is 20.9. The van der Waals surface area contributed by atoms with Crippen LogP contribution in [0, 0.1) is 15.9 Å². The van der Waals surface area contributed by atoms with Crippen molar-refractivity contribution in [2.75, 3.05) is 25.6 Å². The molecule has 184 valence electrons. The Balaban J connectivity index is 1.50. The van der Waals surface area contributed by atoms with Crippen LogP contribution in [-0.2, 0) is 14.3 Å². The number of nitro benzene ring substituents is 1. The van der Waals surface area contributed by atoms with Gasteiger partial charge in [-0.25, -0.2) is 9.38 Å². The number of halogens is 1. The first-order chi connectivity index (χ1) is 16.8. The van der Waals surface area contributed by atoms with Crippen molar-refractivity contribution in [3.05, 3.63) is 58.4 Å². The highest BCUT2D eigenvalue weighted by Gasteiger charge is 2.40. The van der Waals surface area contributed by atoms with Crippen molar-refractivity contribution in [1.29, 1.82) is 0 Å². The van der Waals surface area contributed by atoms with E-state index in [1.54, 1.807) is 0 Å². The first-order valence-electron chi connectivity index (χ1n) is 10.9. The van der Waals surface area contributed by atoms with Crippen molar-refractivity contribution in [2.45, 2.75) is 30.6 Å². The molecular weight excluding hydrogens is 479 g/mol. The lowest BCUT2D eigenvalue weighted by Gasteiger charge is -2.20. The van der Waals surface area contributed by atoms with Gasteiger partial charge in [0.25, 0.3) is 5.69 Å². The molecule has 0 spiro atoms. The molecule has 2 aromatic rings. The molecule has 0 unspecified atom stereocenters. The number of benzene rings is 2. The minimum atomic E-state index is -0.723. The Morgan fingerprint density at radius 3 is 2.77 bits per heavy atom. The number of ether oxygens (including phenoxy) is 2. The summed E-state index contributed by atoms with van der Waals surface area (Å²) in [6, 6.07) is 9.44. The third-order valence-electron chi connectivity index (χ3n) is 5.52. The number of carbonyl (C=O) groups excluding carboxylic acids is 2. The van der Waals surface area contributed by atoms with Crippen LogP contribution >= 0.6 is 11.8 Å². The molecule has 2 saturated heterocycles. The van der Waals surface area contributed by atoms with Gasteiger partial charge in [0.05, 0.1) is 42.1 Å². The van der Waals surface area contributed by atoms with Gasteiger partial charge in [-0.05, 0) is 43.2 Å². The summed E-state index contributed by atoms with van der Waals surface area (Å²) in [4.78, 5) is 42.4. The Morgan fingerprint density at radius 2 is 2.11 bits per heavy atom. The summed E-state index contributed by atoms with van der Waals surface area (Å²) in [6.07, 6.45) is 1.47. The molecule has 2 heterocycles. The van der Waals surface area contributed by atoms with Crippen LogP contribution < -0.4 is 10.1 Å².